The number of carbonyl (C=O) groups is 3. The van der Waals surface area contributed by atoms with Crippen molar-refractivity contribution in [3.05, 3.63) is 0 Å². The summed E-state index contributed by atoms with van der Waals surface area (Å²) in [5.41, 5.74) is -0.0101. The second-order valence-corrected chi connectivity index (χ2v) is 7.65. The van der Waals surface area contributed by atoms with Crippen LogP contribution in [0.15, 0.2) is 0 Å². The molecule has 1 N–H and O–H groups in total. The first-order valence-corrected chi connectivity index (χ1v) is 8.24. The van der Waals surface area contributed by atoms with Crippen molar-refractivity contribution in [2.45, 2.75) is 72.8 Å². The van der Waals surface area contributed by atoms with Crippen molar-refractivity contribution < 1.29 is 14.4 Å². The highest BCUT2D eigenvalue weighted by molar-refractivity contribution is 6.02. The predicted molar refractivity (Wildman–Crippen MR) is 86.0 cm³/mol. The zero-order valence-corrected chi connectivity index (χ0v) is 14.6. The maximum atomic E-state index is 12.2. The summed E-state index contributed by atoms with van der Waals surface area (Å²) in [6.07, 6.45) is 2.74. The largest absolute Gasteiger partial charge is 0.353 e. The summed E-state index contributed by atoms with van der Waals surface area (Å²) < 4.78 is 0. The molecule has 1 fully saturated rings. The number of nitrogens with zero attached hydrogens (tertiary/aromatic N) is 1. The molecule has 1 heterocycles. The molecule has 0 bridgehead atoms. The minimum atomic E-state index is -0.162. The summed E-state index contributed by atoms with van der Waals surface area (Å²) in [5.74, 6) is 0.188. The second-order valence-electron chi connectivity index (χ2n) is 7.65. The van der Waals surface area contributed by atoms with Gasteiger partial charge in [0.1, 0.15) is 0 Å². The molecular weight excluding hydrogens is 280 g/mol. The van der Waals surface area contributed by atoms with Crippen molar-refractivity contribution in [3.8, 4) is 0 Å². The molecule has 0 spiro atoms. The van der Waals surface area contributed by atoms with E-state index in [1.165, 1.54) is 4.90 Å². The Morgan fingerprint density at radius 2 is 1.68 bits per heavy atom. The van der Waals surface area contributed by atoms with Crippen LogP contribution in [0.1, 0.15) is 66.7 Å². The van der Waals surface area contributed by atoms with Gasteiger partial charge in [-0.2, -0.15) is 0 Å². The van der Waals surface area contributed by atoms with E-state index in [4.69, 9.17) is 0 Å². The number of imide groups is 1. The molecule has 1 atom stereocenters. The zero-order chi connectivity index (χ0) is 16.9. The number of amides is 3. The van der Waals surface area contributed by atoms with Gasteiger partial charge in [-0.05, 0) is 24.2 Å². The summed E-state index contributed by atoms with van der Waals surface area (Å²) in [4.78, 5) is 36.4. The van der Waals surface area contributed by atoms with Crippen molar-refractivity contribution in [3.63, 3.8) is 0 Å². The Labute approximate surface area is 133 Å². The number of hydrogen-bond donors (Lipinski definition) is 1. The van der Waals surface area contributed by atoms with Crippen LogP contribution in [0.5, 0.6) is 0 Å². The molecule has 0 saturated carbocycles. The van der Waals surface area contributed by atoms with E-state index in [0.717, 1.165) is 12.8 Å². The van der Waals surface area contributed by atoms with E-state index < -0.39 is 0 Å². The van der Waals surface area contributed by atoms with Gasteiger partial charge in [-0.15, -0.1) is 0 Å². The van der Waals surface area contributed by atoms with Crippen LogP contribution in [0, 0.1) is 11.3 Å². The fourth-order valence-electron chi connectivity index (χ4n) is 2.57. The maximum Gasteiger partial charge on any atom is 0.229 e. The monoisotopic (exact) mass is 310 g/mol. The summed E-state index contributed by atoms with van der Waals surface area (Å²) in [6, 6.07) is 0.104. The number of rotatable bonds is 7. The van der Waals surface area contributed by atoms with Crippen LogP contribution in [-0.4, -0.2) is 35.2 Å². The van der Waals surface area contributed by atoms with Crippen LogP contribution < -0.4 is 5.32 Å². The third-order valence-electron chi connectivity index (χ3n) is 4.13. The first kappa shape index (κ1) is 18.7. The van der Waals surface area contributed by atoms with Crippen LogP contribution in [-0.2, 0) is 14.4 Å². The molecule has 0 aromatic carbocycles. The molecule has 0 unspecified atom stereocenters. The van der Waals surface area contributed by atoms with Gasteiger partial charge in [0, 0.05) is 31.8 Å². The van der Waals surface area contributed by atoms with Crippen molar-refractivity contribution in [2.24, 2.45) is 11.3 Å². The fraction of sp³-hybridized carbons (Fsp3) is 0.824. The normalized spacial score (nSPS) is 17.3. The predicted octanol–water partition coefficient (Wildman–Crippen LogP) is 2.49. The average molecular weight is 310 g/mol. The number of nitrogens with one attached hydrogen (secondary N) is 1. The minimum Gasteiger partial charge on any atom is -0.353 e. The smallest absolute Gasteiger partial charge is 0.229 e. The molecule has 5 nitrogen and oxygen atoms in total. The van der Waals surface area contributed by atoms with Gasteiger partial charge in [-0.3, -0.25) is 19.3 Å². The minimum absolute atomic E-state index is 0.0101. The highest BCUT2D eigenvalue weighted by Crippen LogP contribution is 2.24. The van der Waals surface area contributed by atoms with E-state index >= 15 is 0 Å². The average Bonchev–Trinajstić information content (AvgIpc) is 2.70. The Balaban J connectivity index is 2.49. The quantitative estimate of drug-likeness (QED) is 0.735. The molecule has 1 saturated heterocycles. The van der Waals surface area contributed by atoms with Crippen molar-refractivity contribution in [1.29, 1.82) is 0 Å². The molecule has 1 rings (SSSR count). The van der Waals surface area contributed by atoms with Crippen molar-refractivity contribution in [1.82, 2.24) is 10.2 Å². The van der Waals surface area contributed by atoms with E-state index in [1.807, 2.05) is 0 Å². The third-order valence-corrected chi connectivity index (χ3v) is 4.13. The Kier molecular flexibility index (Phi) is 6.57. The maximum absolute atomic E-state index is 12.2. The van der Waals surface area contributed by atoms with Gasteiger partial charge in [0.15, 0.2) is 0 Å². The van der Waals surface area contributed by atoms with Gasteiger partial charge in [-0.1, -0.05) is 34.6 Å². The lowest BCUT2D eigenvalue weighted by atomic mass is 9.82. The second kappa shape index (κ2) is 7.75. The van der Waals surface area contributed by atoms with Gasteiger partial charge in [0.2, 0.25) is 17.7 Å². The van der Waals surface area contributed by atoms with Gasteiger partial charge in [0.05, 0.1) is 0 Å². The lowest BCUT2D eigenvalue weighted by molar-refractivity contribution is -0.138. The molecule has 22 heavy (non-hydrogen) atoms. The topological polar surface area (TPSA) is 66.5 Å². The fourth-order valence-corrected chi connectivity index (χ4v) is 2.57. The summed E-state index contributed by atoms with van der Waals surface area (Å²) in [5, 5.41) is 3.08. The third kappa shape index (κ3) is 5.78. The first-order chi connectivity index (χ1) is 10.1. The van der Waals surface area contributed by atoms with E-state index in [1.54, 1.807) is 0 Å². The number of likely N-dealkylation sites (tertiary alicyclic amines) is 1. The number of carbonyl (C=O) groups excluding carboxylic acids is 3. The standard InChI is InChI=1S/C17H30N2O3/c1-12(2)6-7-13(17(3,4)5)18-14(20)10-11-19-15(21)8-9-16(19)22/h12-13H,6-11H2,1-5H3,(H,18,20)/t13-/m0/s1. The SMILES string of the molecule is CC(C)CC[C@H](NC(=O)CCN1C(=O)CCC1=O)C(C)(C)C. The molecule has 5 heteroatoms. The van der Waals surface area contributed by atoms with Crippen LogP contribution in [0.2, 0.25) is 0 Å². The van der Waals surface area contributed by atoms with Gasteiger partial charge in [0.25, 0.3) is 0 Å². The van der Waals surface area contributed by atoms with Gasteiger partial charge >= 0.3 is 0 Å². The van der Waals surface area contributed by atoms with Crippen LogP contribution in [0.25, 0.3) is 0 Å². The Morgan fingerprint density at radius 1 is 1.14 bits per heavy atom. The van der Waals surface area contributed by atoms with E-state index in [2.05, 4.69) is 39.9 Å². The zero-order valence-electron chi connectivity index (χ0n) is 14.6. The lowest BCUT2D eigenvalue weighted by Gasteiger charge is -2.32. The van der Waals surface area contributed by atoms with E-state index in [0.29, 0.717) is 5.92 Å². The lowest BCUT2D eigenvalue weighted by Crippen LogP contribution is -2.45. The van der Waals surface area contributed by atoms with Crippen molar-refractivity contribution in [2.75, 3.05) is 6.54 Å². The van der Waals surface area contributed by atoms with Crippen LogP contribution in [0.3, 0.4) is 0 Å². The summed E-state index contributed by atoms with van der Waals surface area (Å²) >= 11 is 0. The highest BCUT2D eigenvalue weighted by Gasteiger charge is 2.30. The Bertz CT molecular complexity index is 408. The first-order valence-electron chi connectivity index (χ1n) is 8.24. The molecule has 1 aliphatic heterocycles. The summed E-state index contributed by atoms with van der Waals surface area (Å²) in [6.45, 7) is 10.9. The van der Waals surface area contributed by atoms with Gasteiger partial charge in [-0.25, -0.2) is 0 Å². The van der Waals surface area contributed by atoms with Crippen LogP contribution >= 0.6 is 0 Å². The number of hydrogen-bond acceptors (Lipinski definition) is 3. The molecule has 1 aliphatic rings. The molecule has 0 aliphatic carbocycles. The van der Waals surface area contributed by atoms with E-state index in [9.17, 15) is 14.4 Å². The molecule has 3 amide bonds. The van der Waals surface area contributed by atoms with Crippen LogP contribution in [0.4, 0.5) is 0 Å². The van der Waals surface area contributed by atoms with Crippen molar-refractivity contribution >= 4 is 17.7 Å². The molecule has 126 valence electrons. The highest BCUT2D eigenvalue weighted by atomic mass is 16.2. The van der Waals surface area contributed by atoms with E-state index in [-0.39, 0.29) is 55.0 Å². The Morgan fingerprint density at radius 3 is 2.14 bits per heavy atom. The molecule has 0 aromatic heterocycles. The van der Waals surface area contributed by atoms with Gasteiger partial charge < -0.3 is 5.32 Å². The molecule has 0 aromatic rings. The molecular formula is C17H30N2O3. The Hall–Kier alpha value is -1.39. The molecule has 0 radical (unpaired) electrons. The summed E-state index contributed by atoms with van der Waals surface area (Å²) in [7, 11) is 0.